The van der Waals surface area contributed by atoms with Gasteiger partial charge in [0.2, 0.25) is 5.91 Å². The van der Waals surface area contributed by atoms with E-state index >= 15 is 0 Å². The molecule has 0 bridgehead atoms. The van der Waals surface area contributed by atoms with Crippen molar-refractivity contribution in [2.24, 2.45) is 0 Å². The summed E-state index contributed by atoms with van der Waals surface area (Å²) in [6, 6.07) is 7.02. The van der Waals surface area contributed by atoms with E-state index in [1.54, 1.807) is 38.1 Å². The third-order valence-corrected chi connectivity index (χ3v) is 4.98. The zero-order valence-electron chi connectivity index (χ0n) is 15.2. The lowest BCUT2D eigenvalue weighted by atomic mass is 10.1. The first-order chi connectivity index (χ1) is 13.4. The molecule has 10 heteroatoms. The summed E-state index contributed by atoms with van der Waals surface area (Å²) in [5, 5.41) is 8.08. The fourth-order valence-electron chi connectivity index (χ4n) is 2.54. The summed E-state index contributed by atoms with van der Waals surface area (Å²) < 4.78 is 6.45. The maximum Gasteiger partial charge on any atom is 0.325 e. The van der Waals surface area contributed by atoms with Crippen LogP contribution in [0.3, 0.4) is 0 Å². The number of hydrogen-bond donors (Lipinski definition) is 1. The summed E-state index contributed by atoms with van der Waals surface area (Å²) in [6.07, 6.45) is 0. The molecule has 0 saturated carbocycles. The van der Waals surface area contributed by atoms with E-state index in [1.807, 2.05) is 0 Å². The van der Waals surface area contributed by atoms with Gasteiger partial charge >= 0.3 is 5.97 Å². The zero-order chi connectivity index (χ0) is 20.3. The number of ether oxygens (including phenoxy) is 1. The molecule has 0 spiro atoms. The Kier molecular flexibility index (Phi) is 6.05. The maximum absolute atomic E-state index is 12.7. The molecule has 0 fully saturated rings. The molecule has 2 aromatic heterocycles. The number of nitrogens with zero attached hydrogens (tertiary/aromatic N) is 3. The first kappa shape index (κ1) is 20.0. The number of nitrogens with one attached hydrogen (secondary N) is 1. The molecule has 1 amide bonds. The standard InChI is InChI=1S/C18H17ClN4O4S/c1-3-27-14(25)8-20-13(24)9-23-18(26)16-17(28-10(2)21-16)15(22-23)11-4-6-12(19)7-5-11/h4-7H,3,8-9H2,1-2H3,(H,20,24). The number of amides is 1. The van der Waals surface area contributed by atoms with E-state index in [9.17, 15) is 14.4 Å². The highest BCUT2D eigenvalue weighted by Gasteiger charge is 2.18. The van der Waals surface area contributed by atoms with Crippen molar-refractivity contribution in [2.75, 3.05) is 13.2 Å². The number of aryl methyl sites for hydroxylation is 1. The number of carbonyl (C=O) groups is 2. The van der Waals surface area contributed by atoms with Crippen LogP contribution < -0.4 is 10.9 Å². The van der Waals surface area contributed by atoms with Crippen LogP contribution in [0.15, 0.2) is 29.1 Å². The first-order valence-corrected chi connectivity index (χ1v) is 9.65. The normalized spacial score (nSPS) is 10.8. The van der Waals surface area contributed by atoms with Crippen molar-refractivity contribution >= 4 is 45.0 Å². The van der Waals surface area contributed by atoms with Crippen LogP contribution in [0.1, 0.15) is 11.9 Å². The van der Waals surface area contributed by atoms with E-state index < -0.39 is 17.4 Å². The van der Waals surface area contributed by atoms with Crippen LogP contribution in [-0.2, 0) is 20.9 Å². The molecule has 3 rings (SSSR count). The van der Waals surface area contributed by atoms with Crippen LogP contribution in [0.2, 0.25) is 5.02 Å². The second-order valence-electron chi connectivity index (χ2n) is 5.81. The summed E-state index contributed by atoms with van der Waals surface area (Å²) in [4.78, 5) is 40.5. The van der Waals surface area contributed by atoms with Crippen molar-refractivity contribution in [3.63, 3.8) is 0 Å². The lowest BCUT2D eigenvalue weighted by Crippen LogP contribution is -2.37. The fraction of sp³-hybridized carbons (Fsp3) is 0.278. The van der Waals surface area contributed by atoms with Gasteiger partial charge in [-0.2, -0.15) is 5.10 Å². The molecule has 0 saturated heterocycles. The predicted octanol–water partition coefficient (Wildman–Crippen LogP) is 2.16. The summed E-state index contributed by atoms with van der Waals surface area (Å²) in [5.74, 6) is -1.08. The Morgan fingerprint density at radius 1 is 1.29 bits per heavy atom. The number of aromatic nitrogens is 3. The SMILES string of the molecule is CCOC(=O)CNC(=O)Cn1nc(-c2ccc(Cl)cc2)c2sc(C)nc2c1=O. The lowest BCUT2D eigenvalue weighted by molar-refractivity contribution is -0.143. The maximum atomic E-state index is 12.7. The van der Waals surface area contributed by atoms with Crippen molar-refractivity contribution in [3.8, 4) is 11.3 Å². The molecule has 0 unspecified atom stereocenters. The van der Waals surface area contributed by atoms with Crippen LogP contribution in [0.4, 0.5) is 0 Å². The number of fused-ring (bicyclic) bond motifs is 1. The average molecular weight is 421 g/mol. The molecule has 8 nitrogen and oxygen atoms in total. The average Bonchev–Trinajstić information content (AvgIpc) is 3.05. The second kappa shape index (κ2) is 8.49. The molecule has 0 atom stereocenters. The smallest absolute Gasteiger partial charge is 0.325 e. The molecular formula is C18H17ClN4O4S. The molecule has 0 radical (unpaired) electrons. The Morgan fingerprint density at radius 2 is 2.00 bits per heavy atom. The zero-order valence-corrected chi connectivity index (χ0v) is 16.8. The fourth-order valence-corrected chi connectivity index (χ4v) is 3.59. The molecule has 0 aliphatic carbocycles. The van der Waals surface area contributed by atoms with Crippen LogP contribution in [-0.4, -0.2) is 39.8 Å². The second-order valence-corrected chi connectivity index (χ2v) is 7.45. The van der Waals surface area contributed by atoms with Crippen LogP contribution >= 0.6 is 22.9 Å². The molecule has 0 aliphatic heterocycles. The van der Waals surface area contributed by atoms with Gasteiger partial charge in [-0.3, -0.25) is 14.4 Å². The largest absolute Gasteiger partial charge is 0.465 e. The Hall–Kier alpha value is -2.78. The lowest BCUT2D eigenvalue weighted by Gasteiger charge is -2.09. The van der Waals surface area contributed by atoms with E-state index in [0.717, 1.165) is 10.2 Å². The molecule has 0 aliphatic rings. The van der Waals surface area contributed by atoms with Gasteiger partial charge in [0.25, 0.3) is 5.56 Å². The quantitative estimate of drug-likeness (QED) is 0.613. The van der Waals surface area contributed by atoms with Crippen LogP contribution in [0.25, 0.3) is 21.5 Å². The summed E-state index contributed by atoms with van der Waals surface area (Å²) in [7, 11) is 0. The number of rotatable bonds is 6. The molecule has 3 aromatic rings. The number of carbonyl (C=O) groups excluding carboxylic acids is 2. The minimum Gasteiger partial charge on any atom is -0.465 e. The number of benzene rings is 1. The minimum atomic E-state index is -0.552. The van der Waals surface area contributed by atoms with Gasteiger partial charge in [0, 0.05) is 10.6 Å². The summed E-state index contributed by atoms with van der Waals surface area (Å²) >= 11 is 7.31. The molecule has 1 N–H and O–H groups in total. The topological polar surface area (TPSA) is 103 Å². The van der Waals surface area contributed by atoms with Crippen molar-refractivity contribution in [2.45, 2.75) is 20.4 Å². The van der Waals surface area contributed by atoms with Gasteiger partial charge in [0.05, 0.1) is 16.3 Å². The Bertz CT molecular complexity index is 1090. The monoisotopic (exact) mass is 420 g/mol. The van der Waals surface area contributed by atoms with Gasteiger partial charge in [0.15, 0.2) is 5.52 Å². The number of thiazole rings is 1. The predicted molar refractivity (Wildman–Crippen MR) is 107 cm³/mol. The van der Waals surface area contributed by atoms with Gasteiger partial charge in [-0.15, -0.1) is 11.3 Å². The van der Waals surface area contributed by atoms with E-state index in [1.165, 1.54) is 11.3 Å². The van der Waals surface area contributed by atoms with E-state index in [-0.39, 0.29) is 25.2 Å². The van der Waals surface area contributed by atoms with E-state index in [4.69, 9.17) is 16.3 Å². The summed E-state index contributed by atoms with van der Waals surface area (Å²) in [5.41, 5.74) is 1.07. The van der Waals surface area contributed by atoms with Gasteiger partial charge < -0.3 is 10.1 Å². The van der Waals surface area contributed by atoms with Crippen molar-refractivity contribution < 1.29 is 14.3 Å². The Labute approximate surface area is 169 Å². The third kappa shape index (κ3) is 4.37. The number of halogens is 1. The van der Waals surface area contributed by atoms with Crippen molar-refractivity contribution in [3.05, 3.63) is 44.6 Å². The minimum absolute atomic E-state index is 0.222. The molecule has 146 valence electrons. The van der Waals surface area contributed by atoms with E-state index in [0.29, 0.717) is 20.4 Å². The van der Waals surface area contributed by atoms with Gasteiger partial charge in [-0.25, -0.2) is 9.67 Å². The molecule has 2 heterocycles. The van der Waals surface area contributed by atoms with Crippen molar-refractivity contribution in [1.29, 1.82) is 0 Å². The number of hydrogen-bond acceptors (Lipinski definition) is 7. The molecule has 1 aromatic carbocycles. The van der Waals surface area contributed by atoms with Crippen LogP contribution in [0.5, 0.6) is 0 Å². The molecule has 28 heavy (non-hydrogen) atoms. The summed E-state index contributed by atoms with van der Waals surface area (Å²) in [6.45, 7) is 3.08. The van der Waals surface area contributed by atoms with E-state index in [2.05, 4.69) is 15.4 Å². The first-order valence-electron chi connectivity index (χ1n) is 8.45. The van der Waals surface area contributed by atoms with Gasteiger partial charge in [-0.1, -0.05) is 23.7 Å². The highest BCUT2D eigenvalue weighted by molar-refractivity contribution is 7.19. The molecular weight excluding hydrogens is 404 g/mol. The highest BCUT2D eigenvalue weighted by atomic mass is 35.5. The van der Waals surface area contributed by atoms with Gasteiger partial charge in [0.1, 0.15) is 18.8 Å². The Balaban J connectivity index is 1.95. The third-order valence-electron chi connectivity index (χ3n) is 3.75. The van der Waals surface area contributed by atoms with Gasteiger partial charge in [-0.05, 0) is 26.0 Å². The van der Waals surface area contributed by atoms with Crippen LogP contribution in [0, 0.1) is 6.92 Å². The number of esters is 1. The highest BCUT2D eigenvalue weighted by Crippen LogP contribution is 2.30. The van der Waals surface area contributed by atoms with Crippen molar-refractivity contribution in [1.82, 2.24) is 20.1 Å². The Morgan fingerprint density at radius 3 is 2.68 bits per heavy atom.